The maximum atomic E-state index is 13.2. The summed E-state index contributed by atoms with van der Waals surface area (Å²) < 4.78 is 5.30. The molecular formula is C23H29N5O2S. The van der Waals surface area contributed by atoms with Crippen LogP contribution in [0.4, 0.5) is 5.82 Å². The van der Waals surface area contributed by atoms with Crippen LogP contribution in [-0.4, -0.2) is 72.6 Å². The first kappa shape index (κ1) is 21.5. The van der Waals surface area contributed by atoms with E-state index < -0.39 is 0 Å². The largest absolute Gasteiger partial charge is 0.497 e. The van der Waals surface area contributed by atoms with Crippen LogP contribution in [0.15, 0.2) is 30.6 Å². The highest BCUT2D eigenvalue weighted by Crippen LogP contribution is 2.34. The predicted octanol–water partition coefficient (Wildman–Crippen LogP) is 3.44. The Morgan fingerprint density at radius 1 is 1.35 bits per heavy atom. The summed E-state index contributed by atoms with van der Waals surface area (Å²) in [6.45, 7) is 4.31. The van der Waals surface area contributed by atoms with Crippen LogP contribution in [0.25, 0.3) is 10.2 Å². The van der Waals surface area contributed by atoms with Gasteiger partial charge in [-0.05, 0) is 57.1 Å². The van der Waals surface area contributed by atoms with Gasteiger partial charge in [0.2, 0.25) is 0 Å². The molecule has 0 aliphatic carbocycles. The van der Waals surface area contributed by atoms with Gasteiger partial charge in [-0.3, -0.25) is 4.79 Å². The van der Waals surface area contributed by atoms with E-state index in [0.29, 0.717) is 6.04 Å². The molecule has 1 saturated heterocycles. The number of ether oxygens (including phenoxy) is 1. The lowest BCUT2D eigenvalue weighted by Crippen LogP contribution is -2.34. The highest BCUT2D eigenvalue weighted by atomic mass is 32.1. The minimum atomic E-state index is 0.104. The lowest BCUT2D eigenvalue weighted by molar-refractivity contribution is 0.0787. The molecule has 3 aromatic rings. The van der Waals surface area contributed by atoms with Crippen molar-refractivity contribution in [2.75, 3.05) is 46.2 Å². The van der Waals surface area contributed by atoms with E-state index in [1.807, 2.05) is 30.0 Å². The number of rotatable bonds is 7. The minimum absolute atomic E-state index is 0.104. The van der Waals surface area contributed by atoms with Crippen LogP contribution in [-0.2, 0) is 6.42 Å². The molecule has 1 fully saturated rings. The molecular weight excluding hydrogens is 410 g/mol. The molecule has 4 rings (SSSR count). The SMILES string of the molecule is COc1cccc(CCNc2ncnc3sc(C(=O)N4CC[C@@H](N(C)C)C4)c(C)c23)c1. The summed E-state index contributed by atoms with van der Waals surface area (Å²) >= 11 is 1.46. The number of thiophene rings is 1. The first-order valence-corrected chi connectivity index (χ1v) is 11.4. The van der Waals surface area contributed by atoms with Crippen molar-refractivity contribution in [3.8, 4) is 5.75 Å². The van der Waals surface area contributed by atoms with Crippen molar-refractivity contribution in [1.29, 1.82) is 0 Å². The van der Waals surface area contributed by atoms with E-state index >= 15 is 0 Å². The van der Waals surface area contributed by atoms with Gasteiger partial charge >= 0.3 is 0 Å². The molecule has 0 bridgehead atoms. The number of carbonyl (C=O) groups excluding carboxylic acids is 1. The van der Waals surface area contributed by atoms with Gasteiger partial charge in [0.05, 0.1) is 17.4 Å². The summed E-state index contributed by atoms with van der Waals surface area (Å²) in [4.78, 5) is 27.9. The van der Waals surface area contributed by atoms with Crippen molar-refractivity contribution in [2.24, 2.45) is 0 Å². The third-order valence-corrected chi connectivity index (χ3v) is 7.13. The van der Waals surface area contributed by atoms with Crippen LogP contribution in [0, 0.1) is 6.92 Å². The Morgan fingerprint density at radius 2 is 2.19 bits per heavy atom. The third kappa shape index (κ3) is 4.50. The molecule has 7 nitrogen and oxygen atoms in total. The van der Waals surface area contributed by atoms with Crippen molar-refractivity contribution in [3.63, 3.8) is 0 Å². The molecule has 1 N–H and O–H groups in total. The molecule has 1 aromatic carbocycles. The molecule has 8 heteroatoms. The zero-order chi connectivity index (χ0) is 22.0. The van der Waals surface area contributed by atoms with E-state index in [9.17, 15) is 4.79 Å². The number of likely N-dealkylation sites (N-methyl/N-ethyl adjacent to an activating group) is 1. The number of amides is 1. The maximum Gasteiger partial charge on any atom is 0.264 e. The van der Waals surface area contributed by atoms with Crippen LogP contribution in [0.2, 0.25) is 0 Å². The molecule has 1 aliphatic heterocycles. The quantitative estimate of drug-likeness (QED) is 0.608. The summed E-state index contributed by atoms with van der Waals surface area (Å²) in [6.07, 6.45) is 3.43. The molecule has 0 unspecified atom stereocenters. The lowest BCUT2D eigenvalue weighted by atomic mass is 10.1. The Balaban J connectivity index is 1.50. The molecule has 1 amide bonds. The first-order chi connectivity index (χ1) is 15.0. The zero-order valence-corrected chi connectivity index (χ0v) is 19.3. The molecule has 1 atom stereocenters. The summed E-state index contributed by atoms with van der Waals surface area (Å²) in [5.74, 6) is 1.75. The van der Waals surface area contributed by atoms with Crippen LogP contribution in [0.1, 0.15) is 27.2 Å². The smallest absolute Gasteiger partial charge is 0.264 e. The van der Waals surface area contributed by atoms with Crippen LogP contribution in [0.5, 0.6) is 5.75 Å². The Morgan fingerprint density at radius 3 is 2.94 bits per heavy atom. The van der Waals surface area contributed by atoms with E-state index in [-0.39, 0.29) is 5.91 Å². The summed E-state index contributed by atoms with van der Waals surface area (Å²) in [7, 11) is 5.82. The van der Waals surface area contributed by atoms with E-state index in [1.165, 1.54) is 16.9 Å². The van der Waals surface area contributed by atoms with E-state index in [4.69, 9.17) is 4.74 Å². The fourth-order valence-corrected chi connectivity index (χ4v) is 5.17. The van der Waals surface area contributed by atoms with Crippen LogP contribution < -0.4 is 10.1 Å². The normalized spacial score (nSPS) is 16.3. The van der Waals surface area contributed by atoms with Gasteiger partial charge in [0.15, 0.2) is 0 Å². The number of hydrogen-bond donors (Lipinski definition) is 1. The Hall–Kier alpha value is -2.71. The maximum absolute atomic E-state index is 13.2. The average Bonchev–Trinajstić information content (AvgIpc) is 3.39. The van der Waals surface area contributed by atoms with Gasteiger partial charge < -0.3 is 19.9 Å². The minimum Gasteiger partial charge on any atom is -0.497 e. The molecule has 0 spiro atoms. The predicted molar refractivity (Wildman–Crippen MR) is 125 cm³/mol. The van der Waals surface area contributed by atoms with Gasteiger partial charge in [-0.2, -0.15) is 0 Å². The van der Waals surface area contributed by atoms with Crippen molar-refractivity contribution in [3.05, 3.63) is 46.6 Å². The van der Waals surface area contributed by atoms with Gasteiger partial charge in [-0.25, -0.2) is 9.97 Å². The Kier molecular flexibility index (Phi) is 6.38. The monoisotopic (exact) mass is 439 g/mol. The van der Waals surface area contributed by atoms with Crippen molar-refractivity contribution in [2.45, 2.75) is 25.8 Å². The summed E-state index contributed by atoms with van der Waals surface area (Å²) in [5, 5.41) is 4.39. The molecule has 164 valence electrons. The second-order valence-corrected chi connectivity index (χ2v) is 9.14. The number of aryl methyl sites for hydroxylation is 1. The van der Waals surface area contributed by atoms with E-state index in [2.05, 4.69) is 40.3 Å². The zero-order valence-electron chi connectivity index (χ0n) is 18.5. The molecule has 0 saturated carbocycles. The number of hydrogen-bond acceptors (Lipinski definition) is 7. The average molecular weight is 440 g/mol. The number of carbonyl (C=O) groups is 1. The molecule has 31 heavy (non-hydrogen) atoms. The molecule has 2 aromatic heterocycles. The molecule has 1 aliphatic rings. The first-order valence-electron chi connectivity index (χ1n) is 10.5. The number of methoxy groups -OCH3 is 1. The number of nitrogens with zero attached hydrogens (tertiary/aromatic N) is 4. The lowest BCUT2D eigenvalue weighted by Gasteiger charge is -2.20. The number of likely N-dealkylation sites (tertiary alicyclic amines) is 1. The summed E-state index contributed by atoms with van der Waals surface area (Å²) in [6, 6.07) is 8.49. The van der Waals surface area contributed by atoms with E-state index in [1.54, 1.807) is 13.4 Å². The number of anilines is 1. The van der Waals surface area contributed by atoms with Crippen molar-refractivity contribution < 1.29 is 9.53 Å². The van der Waals surface area contributed by atoms with Crippen LogP contribution >= 0.6 is 11.3 Å². The number of nitrogens with one attached hydrogen (secondary N) is 1. The fourth-order valence-electron chi connectivity index (χ4n) is 4.05. The van der Waals surface area contributed by atoms with Gasteiger partial charge in [0, 0.05) is 25.7 Å². The highest BCUT2D eigenvalue weighted by Gasteiger charge is 2.30. The molecule has 0 radical (unpaired) electrons. The Labute approximate surface area is 187 Å². The van der Waals surface area contributed by atoms with E-state index in [0.717, 1.165) is 64.7 Å². The standard InChI is InChI=1S/C23H29N5O2S/c1-15-19-21(24-10-8-16-6-5-7-18(12-16)30-4)25-14-26-22(19)31-20(15)23(29)28-11-9-17(13-28)27(2)3/h5-7,12,14,17H,8-11,13H2,1-4H3,(H,24,25,26)/t17-/m1/s1. The van der Waals surface area contributed by atoms with Gasteiger partial charge in [-0.15, -0.1) is 11.3 Å². The number of fused-ring (bicyclic) bond motifs is 1. The fraction of sp³-hybridized carbons (Fsp3) is 0.435. The second kappa shape index (κ2) is 9.20. The van der Waals surface area contributed by atoms with Crippen LogP contribution in [0.3, 0.4) is 0 Å². The topological polar surface area (TPSA) is 70.6 Å². The van der Waals surface area contributed by atoms with Gasteiger partial charge in [0.1, 0.15) is 22.7 Å². The highest BCUT2D eigenvalue weighted by molar-refractivity contribution is 7.20. The Bertz CT molecular complexity index is 1080. The third-order valence-electron chi connectivity index (χ3n) is 5.94. The van der Waals surface area contributed by atoms with Gasteiger partial charge in [0.25, 0.3) is 5.91 Å². The number of benzene rings is 1. The van der Waals surface area contributed by atoms with Crippen molar-refractivity contribution in [1.82, 2.24) is 19.8 Å². The molecule has 3 heterocycles. The van der Waals surface area contributed by atoms with Gasteiger partial charge in [-0.1, -0.05) is 12.1 Å². The number of aromatic nitrogens is 2. The summed E-state index contributed by atoms with van der Waals surface area (Å²) in [5.41, 5.74) is 2.15. The second-order valence-electron chi connectivity index (χ2n) is 8.14. The van der Waals surface area contributed by atoms with Crippen molar-refractivity contribution >= 4 is 33.3 Å².